The molecule has 2 aromatic rings. The van der Waals surface area contributed by atoms with Crippen molar-refractivity contribution in [1.82, 2.24) is 14.9 Å². The van der Waals surface area contributed by atoms with Crippen LogP contribution in [0.15, 0.2) is 22.7 Å². The van der Waals surface area contributed by atoms with E-state index in [0.717, 1.165) is 48.8 Å². The average Bonchev–Trinajstić information content (AvgIpc) is 2.83. The van der Waals surface area contributed by atoms with Gasteiger partial charge in [0.15, 0.2) is 0 Å². The van der Waals surface area contributed by atoms with Crippen LogP contribution < -0.4 is 15.5 Å². The first-order chi connectivity index (χ1) is 12.9. The van der Waals surface area contributed by atoms with Crippen LogP contribution in [0.5, 0.6) is 0 Å². The van der Waals surface area contributed by atoms with Gasteiger partial charge in [0, 0.05) is 33.2 Å². The van der Waals surface area contributed by atoms with Crippen molar-refractivity contribution in [3.05, 3.63) is 29.8 Å². The minimum atomic E-state index is -0.158. The van der Waals surface area contributed by atoms with Crippen molar-refractivity contribution in [3.8, 4) is 0 Å². The number of oxazole rings is 1. The third-order valence-electron chi connectivity index (χ3n) is 4.83. The zero-order chi connectivity index (χ0) is 19.4. The summed E-state index contributed by atoms with van der Waals surface area (Å²) < 4.78 is 5.44. The number of hydrogen-bond acceptors (Lipinski definition) is 6. The number of carbonyl (C=O) groups is 1. The Morgan fingerprint density at radius 1 is 1.26 bits per heavy atom. The van der Waals surface area contributed by atoms with Gasteiger partial charge in [-0.15, -0.1) is 0 Å². The number of urea groups is 1. The molecule has 0 spiro atoms. The minimum Gasteiger partial charge on any atom is -0.428 e. The van der Waals surface area contributed by atoms with E-state index in [9.17, 15) is 4.79 Å². The lowest BCUT2D eigenvalue weighted by Gasteiger charge is -2.21. The number of anilines is 3. The van der Waals surface area contributed by atoms with E-state index in [4.69, 9.17) is 4.42 Å². The molecule has 8 heteroatoms. The smallest absolute Gasteiger partial charge is 0.325 e. The Kier molecular flexibility index (Phi) is 5.83. The van der Waals surface area contributed by atoms with Gasteiger partial charge in [-0.1, -0.05) is 0 Å². The van der Waals surface area contributed by atoms with Gasteiger partial charge >= 0.3 is 12.0 Å². The molecule has 1 aliphatic heterocycles. The lowest BCUT2D eigenvalue weighted by molar-refractivity contribution is 0.213. The summed E-state index contributed by atoms with van der Waals surface area (Å²) >= 11 is 0. The van der Waals surface area contributed by atoms with E-state index in [1.807, 2.05) is 56.1 Å². The first kappa shape index (κ1) is 19.0. The fraction of sp³-hybridized carbons (Fsp3) is 0.526. The second kappa shape index (κ2) is 8.28. The van der Waals surface area contributed by atoms with Gasteiger partial charge < -0.3 is 19.5 Å². The highest BCUT2D eigenvalue weighted by Crippen LogP contribution is 2.19. The van der Waals surface area contributed by atoms with Gasteiger partial charge in [-0.2, -0.15) is 4.98 Å². The summed E-state index contributed by atoms with van der Waals surface area (Å²) in [5.41, 5.74) is 1.80. The lowest BCUT2D eigenvalue weighted by atomic mass is 10.1. The first-order valence-corrected chi connectivity index (χ1v) is 9.32. The third-order valence-corrected chi connectivity index (χ3v) is 4.83. The molecule has 8 nitrogen and oxygen atoms in total. The largest absolute Gasteiger partial charge is 0.428 e. The highest BCUT2D eigenvalue weighted by molar-refractivity contribution is 5.87. The zero-order valence-electron chi connectivity index (χ0n) is 16.5. The molecule has 1 atom stereocenters. The maximum atomic E-state index is 12.5. The zero-order valence-corrected chi connectivity index (χ0v) is 16.5. The van der Waals surface area contributed by atoms with Crippen LogP contribution in [0.25, 0.3) is 0 Å². The predicted octanol–water partition coefficient (Wildman–Crippen LogP) is 3.25. The summed E-state index contributed by atoms with van der Waals surface area (Å²) in [6.45, 7) is 5.10. The maximum Gasteiger partial charge on any atom is 0.325 e. The van der Waals surface area contributed by atoms with Crippen molar-refractivity contribution in [2.75, 3.05) is 42.7 Å². The van der Waals surface area contributed by atoms with E-state index in [-0.39, 0.29) is 12.0 Å². The summed E-state index contributed by atoms with van der Waals surface area (Å²) in [4.78, 5) is 24.9. The fourth-order valence-electron chi connectivity index (χ4n) is 3.11. The van der Waals surface area contributed by atoms with Crippen LogP contribution in [-0.4, -0.2) is 54.1 Å². The van der Waals surface area contributed by atoms with E-state index >= 15 is 0 Å². The number of likely N-dealkylation sites (tertiary alicyclic amines) is 1. The van der Waals surface area contributed by atoms with E-state index in [1.54, 1.807) is 0 Å². The number of hydrogen-bond donors (Lipinski definition) is 2. The molecular weight excluding hydrogens is 344 g/mol. The van der Waals surface area contributed by atoms with E-state index in [0.29, 0.717) is 12.6 Å². The Labute approximate surface area is 160 Å². The number of rotatable bonds is 4. The number of amides is 2. The molecule has 0 aliphatic carbocycles. The normalized spacial score (nSPS) is 17.3. The highest BCUT2D eigenvalue weighted by atomic mass is 16.4. The maximum absolute atomic E-state index is 12.5. The molecule has 0 bridgehead atoms. The molecule has 1 saturated heterocycles. The lowest BCUT2D eigenvalue weighted by Crippen LogP contribution is -2.36. The Morgan fingerprint density at radius 2 is 2.07 bits per heavy atom. The molecule has 0 aromatic carbocycles. The molecule has 2 amide bonds. The van der Waals surface area contributed by atoms with Gasteiger partial charge in [0.1, 0.15) is 11.6 Å². The molecular formula is C19H28N6O2. The summed E-state index contributed by atoms with van der Waals surface area (Å²) in [6.07, 6.45) is 4.69. The van der Waals surface area contributed by atoms with Gasteiger partial charge in [-0.3, -0.25) is 5.32 Å². The SMILES string of the molecule is Cc1nc(NC(=O)N2CCC[C@H](Nc3ccc(N(C)C)nc3)CC2)oc1C. The Balaban J connectivity index is 1.52. The number of aromatic nitrogens is 2. The van der Waals surface area contributed by atoms with E-state index in [2.05, 4.69) is 20.6 Å². The predicted molar refractivity (Wildman–Crippen MR) is 106 cm³/mol. The second-order valence-corrected chi connectivity index (χ2v) is 7.15. The van der Waals surface area contributed by atoms with Gasteiger partial charge in [0.25, 0.3) is 0 Å². The molecule has 1 aliphatic rings. The van der Waals surface area contributed by atoms with Crippen molar-refractivity contribution >= 4 is 23.6 Å². The molecule has 1 fully saturated rings. The van der Waals surface area contributed by atoms with Gasteiger partial charge in [0.2, 0.25) is 0 Å². The number of carbonyl (C=O) groups excluding carboxylic acids is 1. The first-order valence-electron chi connectivity index (χ1n) is 9.32. The summed E-state index contributed by atoms with van der Waals surface area (Å²) in [6, 6.07) is 4.47. The highest BCUT2D eigenvalue weighted by Gasteiger charge is 2.22. The Bertz CT molecular complexity index is 752. The molecule has 3 heterocycles. The minimum absolute atomic E-state index is 0.158. The monoisotopic (exact) mass is 372 g/mol. The van der Waals surface area contributed by atoms with Crippen molar-refractivity contribution < 1.29 is 9.21 Å². The van der Waals surface area contributed by atoms with Crippen molar-refractivity contribution in [2.24, 2.45) is 0 Å². The number of pyridine rings is 1. The molecule has 0 radical (unpaired) electrons. The number of nitrogens with zero attached hydrogens (tertiary/aromatic N) is 4. The topological polar surface area (TPSA) is 86.5 Å². The summed E-state index contributed by atoms with van der Waals surface area (Å²) in [5.74, 6) is 1.65. The van der Waals surface area contributed by atoms with Gasteiger partial charge in [0.05, 0.1) is 17.6 Å². The van der Waals surface area contributed by atoms with Crippen LogP contribution in [0.4, 0.5) is 22.3 Å². The molecule has 0 saturated carbocycles. The van der Waals surface area contributed by atoms with Crippen molar-refractivity contribution in [2.45, 2.75) is 39.2 Å². The quantitative estimate of drug-likeness (QED) is 0.857. The van der Waals surface area contributed by atoms with E-state index in [1.165, 1.54) is 0 Å². The average molecular weight is 372 g/mol. The van der Waals surface area contributed by atoms with Gasteiger partial charge in [-0.05, 0) is 45.2 Å². The van der Waals surface area contributed by atoms with Crippen LogP contribution in [0, 0.1) is 13.8 Å². The Morgan fingerprint density at radius 3 is 2.70 bits per heavy atom. The third kappa shape index (κ3) is 4.90. The number of aryl methyl sites for hydroxylation is 2. The molecule has 3 rings (SSSR count). The molecule has 27 heavy (non-hydrogen) atoms. The molecule has 146 valence electrons. The van der Waals surface area contributed by atoms with Crippen molar-refractivity contribution in [3.63, 3.8) is 0 Å². The number of nitrogens with one attached hydrogen (secondary N) is 2. The van der Waals surface area contributed by atoms with Crippen molar-refractivity contribution in [1.29, 1.82) is 0 Å². The van der Waals surface area contributed by atoms with Gasteiger partial charge in [-0.25, -0.2) is 9.78 Å². The van der Waals surface area contributed by atoms with E-state index < -0.39 is 0 Å². The van der Waals surface area contributed by atoms with Crippen LogP contribution in [-0.2, 0) is 0 Å². The Hall–Kier alpha value is -2.77. The van der Waals surface area contributed by atoms with Crippen LogP contribution >= 0.6 is 0 Å². The molecule has 2 N–H and O–H groups in total. The summed E-state index contributed by atoms with van der Waals surface area (Å²) in [5, 5.41) is 6.29. The summed E-state index contributed by atoms with van der Waals surface area (Å²) in [7, 11) is 3.95. The fourth-order valence-corrected chi connectivity index (χ4v) is 3.11. The van der Waals surface area contributed by atoms with Crippen LogP contribution in [0.3, 0.4) is 0 Å². The van der Waals surface area contributed by atoms with Crippen LogP contribution in [0.1, 0.15) is 30.7 Å². The van der Waals surface area contributed by atoms with Crippen LogP contribution in [0.2, 0.25) is 0 Å². The molecule has 2 aromatic heterocycles. The molecule has 0 unspecified atom stereocenters. The second-order valence-electron chi connectivity index (χ2n) is 7.15. The standard InChI is InChI=1S/C19H28N6O2/c1-13-14(2)27-18(21-13)23-19(26)25-10-5-6-15(9-11-25)22-16-7-8-17(20-12-16)24(3)4/h7-8,12,15,22H,5-6,9-11H2,1-4H3,(H,21,23,26)/t15-/m0/s1.